The minimum Gasteiger partial charge on any atom is -0.451 e. The van der Waals surface area contributed by atoms with Gasteiger partial charge in [0, 0.05) is 18.0 Å². The van der Waals surface area contributed by atoms with Gasteiger partial charge in [-0.15, -0.1) is 0 Å². The first-order valence-electron chi connectivity index (χ1n) is 8.10. The second kappa shape index (κ2) is 7.30. The number of esters is 1. The van der Waals surface area contributed by atoms with Crippen molar-refractivity contribution in [3.8, 4) is 12.0 Å². The van der Waals surface area contributed by atoms with Crippen molar-refractivity contribution in [1.82, 2.24) is 4.57 Å². The molecule has 0 spiro atoms. The van der Waals surface area contributed by atoms with Gasteiger partial charge in [-0.3, -0.25) is 9.36 Å². The van der Waals surface area contributed by atoms with Gasteiger partial charge in [0.25, 0.3) is 0 Å². The highest BCUT2D eigenvalue weighted by molar-refractivity contribution is 6.02. The topological polar surface area (TPSA) is 85.2 Å². The number of hydrogen-bond donors (Lipinski definition) is 0. The number of rotatable bonds is 5. The van der Waals surface area contributed by atoms with E-state index in [1.54, 1.807) is 29.1 Å². The highest BCUT2D eigenvalue weighted by atomic mass is 19.1. The number of nitriles is 1. The molecule has 1 aromatic carbocycles. The van der Waals surface area contributed by atoms with Crippen molar-refractivity contribution < 1.29 is 23.1 Å². The summed E-state index contributed by atoms with van der Waals surface area (Å²) < 4.78 is 25.3. The Bertz CT molecular complexity index is 1030. The molecular weight excluding hydrogens is 351 g/mol. The Balaban J connectivity index is 1.85. The monoisotopic (exact) mass is 366 g/mol. The van der Waals surface area contributed by atoms with Crippen molar-refractivity contribution in [2.45, 2.75) is 20.0 Å². The Morgan fingerprint density at radius 2 is 1.85 bits per heavy atom. The summed E-state index contributed by atoms with van der Waals surface area (Å²) in [7, 11) is 0. The van der Waals surface area contributed by atoms with Crippen LogP contribution in [0.3, 0.4) is 0 Å². The maximum atomic E-state index is 13.0. The normalized spacial score (nSPS) is 11.6. The van der Waals surface area contributed by atoms with Gasteiger partial charge in [-0.25, -0.2) is 9.18 Å². The van der Waals surface area contributed by atoms with Crippen LogP contribution in [-0.4, -0.2) is 22.4 Å². The number of hydrogen-bond acceptors (Lipinski definition) is 5. The van der Waals surface area contributed by atoms with E-state index in [2.05, 4.69) is 0 Å². The average molecular weight is 366 g/mol. The summed E-state index contributed by atoms with van der Waals surface area (Å²) in [6.07, 6.45) is 2.24. The molecule has 0 amide bonds. The predicted octanol–water partition coefficient (Wildman–Crippen LogP) is 3.82. The van der Waals surface area contributed by atoms with Crippen LogP contribution < -0.4 is 0 Å². The van der Waals surface area contributed by atoms with Gasteiger partial charge < -0.3 is 9.15 Å². The van der Waals surface area contributed by atoms with Crippen molar-refractivity contribution in [1.29, 1.82) is 5.26 Å². The second-order valence-electron chi connectivity index (χ2n) is 5.83. The summed E-state index contributed by atoms with van der Waals surface area (Å²) in [5, 5.41) is 9.47. The number of Topliss-reactive ketones (excluding diaryl/α,β-unsaturated/α-hetero) is 1. The van der Waals surface area contributed by atoms with E-state index in [1.807, 2.05) is 6.07 Å². The molecule has 0 saturated carbocycles. The van der Waals surface area contributed by atoms with Crippen LogP contribution in [0.1, 0.15) is 39.0 Å². The number of aromatic nitrogens is 1. The summed E-state index contributed by atoms with van der Waals surface area (Å²) >= 11 is 0. The third kappa shape index (κ3) is 3.51. The maximum absolute atomic E-state index is 13.0. The largest absolute Gasteiger partial charge is 0.451 e. The maximum Gasteiger partial charge on any atom is 0.343 e. The van der Waals surface area contributed by atoms with Gasteiger partial charge >= 0.3 is 5.97 Å². The van der Waals surface area contributed by atoms with Gasteiger partial charge in [0.1, 0.15) is 28.8 Å². The van der Waals surface area contributed by atoms with E-state index in [1.165, 1.54) is 26.0 Å². The SMILES string of the molecule is Cc1oc(-n2cccc2)c(C#N)c1C(=O)O[C@H](C)C(=O)c1ccc(F)cc1. The van der Waals surface area contributed by atoms with E-state index in [0.717, 1.165) is 12.1 Å². The summed E-state index contributed by atoms with van der Waals surface area (Å²) in [6.45, 7) is 2.95. The first kappa shape index (κ1) is 18.1. The summed E-state index contributed by atoms with van der Waals surface area (Å²) in [5.41, 5.74) is 0.212. The molecule has 27 heavy (non-hydrogen) atoms. The summed E-state index contributed by atoms with van der Waals surface area (Å²) in [5.74, 6) is -1.38. The molecule has 0 radical (unpaired) electrons. The predicted molar refractivity (Wildman–Crippen MR) is 93.1 cm³/mol. The molecule has 2 aromatic heterocycles. The number of carbonyl (C=O) groups is 2. The molecule has 0 fully saturated rings. The number of aryl methyl sites for hydroxylation is 1. The highest BCUT2D eigenvalue weighted by Crippen LogP contribution is 2.26. The Morgan fingerprint density at radius 1 is 1.22 bits per heavy atom. The van der Waals surface area contributed by atoms with E-state index in [-0.39, 0.29) is 28.3 Å². The smallest absolute Gasteiger partial charge is 0.343 e. The van der Waals surface area contributed by atoms with Gasteiger partial charge in [0.05, 0.1) is 0 Å². The van der Waals surface area contributed by atoms with Crippen molar-refractivity contribution in [3.05, 3.63) is 77.1 Å². The summed E-state index contributed by atoms with van der Waals surface area (Å²) in [6, 6.07) is 10.4. The lowest BCUT2D eigenvalue weighted by molar-refractivity contribution is 0.0317. The number of ketones is 1. The van der Waals surface area contributed by atoms with Gasteiger partial charge in [0.2, 0.25) is 11.7 Å². The first-order chi connectivity index (χ1) is 12.9. The van der Waals surface area contributed by atoms with E-state index in [9.17, 15) is 19.2 Å². The number of halogens is 1. The van der Waals surface area contributed by atoms with Crippen LogP contribution in [0.15, 0.2) is 53.2 Å². The molecule has 0 aliphatic carbocycles. The molecule has 0 aliphatic heterocycles. The fourth-order valence-electron chi connectivity index (χ4n) is 2.65. The lowest BCUT2D eigenvalue weighted by Gasteiger charge is -2.12. The minimum absolute atomic E-state index is 0.0233. The standard InChI is InChI=1S/C20H15FN2O4/c1-12-17(16(11-22)19(26-12)23-9-3-4-10-23)20(25)27-13(2)18(24)14-5-7-15(21)8-6-14/h3-10,13H,1-2H3/t13-/m1/s1. The zero-order valence-corrected chi connectivity index (χ0v) is 14.6. The molecule has 6 nitrogen and oxygen atoms in total. The Labute approximate surface area is 154 Å². The molecule has 7 heteroatoms. The quantitative estimate of drug-likeness (QED) is 0.506. The number of ether oxygens (including phenoxy) is 1. The first-order valence-corrected chi connectivity index (χ1v) is 8.10. The summed E-state index contributed by atoms with van der Waals surface area (Å²) in [4.78, 5) is 24.9. The van der Waals surface area contributed by atoms with Gasteiger partial charge in [0.15, 0.2) is 6.10 Å². The van der Waals surface area contributed by atoms with Crippen LogP contribution in [-0.2, 0) is 4.74 Å². The molecule has 0 saturated heterocycles. The van der Waals surface area contributed by atoms with Crippen molar-refractivity contribution in [3.63, 3.8) is 0 Å². The van der Waals surface area contributed by atoms with Crippen LogP contribution >= 0.6 is 0 Å². The molecule has 2 heterocycles. The number of furan rings is 1. The zero-order chi connectivity index (χ0) is 19.6. The van der Waals surface area contributed by atoms with Crippen molar-refractivity contribution in [2.75, 3.05) is 0 Å². The fraction of sp³-hybridized carbons (Fsp3) is 0.150. The molecule has 0 N–H and O–H groups in total. The van der Waals surface area contributed by atoms with E-state index >= 15 is 0 Å². The molecule has 0 bridgehead atoms. The lowest BCUT2D eigenvalue weighted by Crippen LogP contribution is -2.25. The van der Waals surface area contributed by atoms with E-state index < -0.39 is 23.7 Å². The van der Waals surface area contributed by atoms with Crippen LogP contribution in [0, 0.1) is 24.1 Å². The molecular formula is C20H15FN2O4. The molecule has 1 atom stereocenters. The van der Waals surface area contributed by atoms with Crippen LogP contribution in [0.4, 0.5) is 4.39 Å². The molecule has 3 aromatic rings. The van der Waals surface area contributed by atoms with Gasteiger partial charge in [-0.05, 0) is 50.2 Å². The number of nitrogens with zero attached hydrogens (tertiary/aromatic N) is 2. The Kier molecular flexibility index (Phi) is 4.90. The molecule has 0 unspecified atom stereocenters. The van der Waals surface area contributed by atoms with Crippen LogP contribution in [0.5, 0.6) is 0 Å². The number of benzene rings is 1. The van der Waals surface area contributed by atoms with Gasteiger partial charge in [-0.2, -0.15) is 5.26 Å². The molecule has 136 valence electrons. The van der Waals surface area contributed by atoms with Gasteiger partial charge in [-0.1, -0.05) is 0 Å². The van der Waals surface area contributed by atoms with E-state index in [4.69, 9.17) is 9.15 Å². The third-order valence-electron chi connectivity index (χ3n) is 4.00. The second-order valence-corrected chi connectivity index (χ2v) is 5.83. The molecule has 3 rings (SSSR count). The van der Waals surface area contributed by atoms with Crippen molar-refractivity contribution >= 4 is 11.8 Å². The minimum atomic E-state index is -1.11. The molecule has 0 aliphatic rings. The fourth-order valence-corrected chi connectivity index (χ4v) is 2.65. The zero-order valence-electron chi connectivity index (χ0n) is 14.6. The Morgan fingerprint density at radius 3 is 2.44 bits per heavy atom. The Hall–Kier alpha value is -3.66. The van der Waals surface area contributed by atoms with Crippen LogP contribution in [0.25, 0.3) is 5.88 Å². The third-order valence-corrected chi connectivity index (χ3v) is 4.00. The van der Waals surface area contributed by atoms with E-state index in [0.29, 0.717) is 0 Å². The average Bonchev–Trinajstić information content (AvgIpc) is 3.28. The van der Waals surface area contributed by atoms with Crippen LogP contribution in [0.2, 0.25) is 0 Å². The highest BCUT2D eigenvalue weighted by Gasteiger charge is 2.28. The number of carbonyl (C=O) groups excluding carboxylic acids is 2. The lowest BCUT2D eigenvalue weighted by atomic mass is 10.1. The van der Waals surface area contributed by atoms with Crippen molar-refractivity contribution in [2.24, 2.45) is 0 Å².